The smallest absolute Gasteiger partial charge is 0.431 e. The van der Waals surface area contributed by atoms with Crippen LogP contribution in [0.5, 0.6) is 0 Å². The first-order valence-electron chi connectivity index (χ1n) is 9.62. The number of ether oxygens (including phenoxy) is 4. The van der Waals surface area contributed by atoms with Crippen LogP contribution in [0.2, 0.25) is 0 Å². The Morgan fingerprint density at radius 2 is 1.89 bits per heavy atom. The van der Waals surface area contributed by atoms with Crippen LogP contribution in [-0.4, -0.2) is 60.1 Å². The summed E-state index contributed by atoms with van der Waals surface area (Å²) in [7, 11) is 1.23. The number of amides is 1. The molecule has 0 aromatic heterocycles. The first kappa shape index (κ1) is 21.0. The second kappa shape index (κ2) is 7.98. The topological polar surface area (TPSA) is 113 Å². The van der Waals surface area contributed by atoms with Crippen molar-refractivity contribution >= 4 is 12.1 Å². The van der Waals surface area contributed by atoms with E-state index in [0.717, 1.165) is 32.1 Å². The van der Waals surface area contributed by atoms with Crippen LogP contribution in [-0.2, 0) is 28.6 Å². The predicted molar refractivity (Wildman–Crippen MR) is 95.9 cm³/mol. The number of fused-ring (bicyclic) bond motifs is 1. The van der Waals surface area contributed by atoms with Gasteiger partial charge in [-0.25, -0.2) is 9.59 Å². The van der Waals surface area contributed by atoms with Crippen molar-refractivity contribution < 1.29 is 38.5 Å². The Morgan fingerprint density at radius 3 is 2.50 bits per heavy atom. The molecule has 0 radical (unpaired) electrons. The molecule has 28 heavy (non-hydrogen) atoms. The maximum atomic E-state index is 12.2. The van der Waals surface area contributed by atoms with Gasteiger partial charge < -0.3 is 24.1 Å². The van der Waals surface area contributed by atoms with Crippen molar-refractivity contribution in [1.29, 1.82) is 0 Å². The van der Waals surface area contributed by atoms with E-state index in [0.29, 0.717) is 0 Å². The molecule has 1 saturated carbocycles. The molecule has 158 valence electrons. The third kappa shape index (κ3) is 4.48. The van der Waals surface area contributed by atoms with E-state index in [4.69, 9.17) is 23.8 Å². The minimum Gasteiger partial charge on any atom is -0.466 e. The number of hydroxylamine groups is 1. The van der Waals surface area contributed by atoms with E-state index in [1.54, 1.807) is 26.8 Å². The predicted octanol–water partition coefficient (Wildman–Crippen LogP) is 1.73. The molecule has 0 aromatic rings. The maximum absolute atomic E-state index is 12.2. The number of esters is 1. The molecule has 3 rings (SSSR count). The molecule has 3 aliphatic rings. The van der Waals surface area contributed by atoms with Crippen LogP contribution in [0.3, 0.4) is 0 Å². The van der Waals surface area contributed by atoms with E-state index in [1.165, 1.54) is 7.11 Å². The number of methoxy groups -OCH3 is 1. The van der Waals surface area contributed by atoms with Gasteiger partial charge in [-0.05, 0) is 39.7 Å². The Hall–Kier alpha value is -1.68. The van der Waals surface area contributed by atoms with Gasteiger partial charge >= 0.3 is 12.1 Å². The van der Waals surface area contributed by atoms with Gasteiger partial charge in [-0.1, -0.05) is 6.42 Å². The number of nitrogens with one attached hydrogen (secondary N) is 1. The molecule has 2 fully saturated rings. The maximum Gasteiger partial charge on any atom is 0.431 e. The summed E-state index contributed by atoms with van der Waals surface area (Å²) in [5.41, 5.74) is 1.47. The quantitative estimate of drug-likeness (QED) is 0.545. The van der Waals surface area contributed by atoms with Crippen molar-refractivity contribution in [2.45, 2.75) is 88.7 Å². The molecule has 0 unspecified atom stereocenters. The minimum absolute atomic E-state index is 0.0590. The lowest BCUT2D eigenvalue weighted by atomic mass is 9.89. The van der Waals surface area contributed by atoms with Gasteiger partial charge in [0.25, 0.3) is 0 Å². The van der Waals surface area contributed by atoms with Crippen molar-refractivity contribution in [3.63, 3.8) is 0 Å². The van der Waals surface area contributed by atoms with Crippen LogP contribution >= 0.6 is 0 Å². The van der Waals surface area contributed by atoms with Crippen LogP contribution in [0.1, 0.15) is 52.9 Å². The summed E-state index contributed by atoms with van der Waals surface area (Å²) in [6, 6.07) is 0. The van der Waals surface area contributed by atoms with Gasteiger partial charge in [-0.2, -0.15) is 5.48 Å². The third-order valence-electron chi connectivity index (χ3n) is 5.03. The second-order valence-corrected chi connectivity index (χ2v) is 8.38. The van der Waals surface area contributed by atoms with Crippen LogP contribution < -0.4 is 5.48 Å². The van der Waals surface area contributed by atoms with Gasteiger partial charge in [0.2, 0.25) is 0 Å². The Balaban J connectivity index is 1.75. The molecule has 9 nitrogen and oxygen atoms in total. The monoisotopic (exact) mass is 399 g/mol. The first-order valence-corrected chi connectivity index (χ1v) is 9.62. The summed E-state index contributed by atoms with van der Waals surface area (Å²) in [5.74, 6) is -1.43. The Morgan fingerprint density at radius 1 is 1.21 bits per heavy atom. The summed E-state index contributed by atoms with van der Waals surface area (Å²) < 4.78 is 22.1. The molecule has 0 bridgehead atoms. The van der Waals surface area contributed by atoms with E-state index >= 15 is 0 Å². The number of hydrogen-bond donors (Lipinski definition) is 2. The summed E-state index contributed by atoms with van der Waals surface area (Å²) >= 11 is 0. The van der Waals surface area contributed by atoms with Crippen LogP contribution in [0.4, 0.5) is 4.79 Å². The van der Waals surface area contributed by atoms with Gasteiger partial charge in [0.15, 0.2) is 5.79 Å². The van der Waals surface area contributed by atoms with E-state index in [9.17, 15) is 14.7 Å². The average Bonchev–Trinajstić information content (AvgIpc) is 2.97. The molecule has 2 N–H and O–H groups in total. The summed E-state index contributed by atoms with van der Waals surface area (Å²) in [6.07, 6.45) is 1.52. The molecule has 0 aromatic carbocycles. The molecular weight excluding hydrogens is 370 g/mol. The fraction of sp³-hybridized carbons (Fsp3) is 0.789. The van der Waals surface area contributed by atoms with Gasteiger partial charge in [0.1, 0.15) is 30.0 Å². The van der Waals surface area contributed by atoms with E-state index in [-0.39, 0.29) is 5.57 Å². The van der Waals surface area contributed by atoms with Crippen LogP contribution in [0.25, 0.3) is 0 Å². The Kier molecular flexibility index (Phi) is 6.00. The highest BCUT2D eigenvalue weighted by Gasteiger charge is 2.55. The number of carbonyl (C=O) groups excluding carboxylic acids is 2. The van der Waals surface area contributed by atoms with Crippen molar-refractivity contribution in [3.05, 3.63) is 11.6 Å². The van der Waals surface area contributed by atoms with Crippen molar-refractivity contribution in [2.24, 2.45) is 0 Å². The zero-order valence-electron chi connectivity index (χ0n) is 16.7. The SMILES string of the molecule is COC(=O)C1=C[C@H]2OC3(CCCCC3)O[C@H]2[C@@H](O)[C@@H]1ONC(=O)OC(C)(C)C. The largest absolute Gasteiger partial charge is 0.466 e. The van der Waals surface area contributed by atoms with Crippen LogP contribution in [0, 0.1) is 0 Å². The standard InChI is InChI=1S/C19H29NO8/c1-18(2,3)27-17(23)20-28-14-11(16(22)24-4)10-12-15(13(14)21)26-19(25-12)8-6-5-7-9-19/h10,12-15,21H,5-9H2,1-4H3,(H,20,23)/t12-,13+,14-,15-/m1/s1. The lowest BCUT2D eigenvalue weighted by Crippen LogP contribution is -2.52. The van der Waals surface area contributed by atoms with E-state index < -0.39 is 47.9 Å². The van der Waals surface area contributed by atoms with Crippen molar-refractivity contribution in [2.75, 3.05) is 7.11 Å². The third-order valence-corrected chi connectivity index (χ3v) is 5.03. The normalized spacial score (nSPS) is 31.7. The number of hydrogen-bond acceptors (Lipinski definition) is 8. The number of carbonyl (C=O) groups is 2. The van der Waals surface area contributed by atoms with E-state index in [2.05, 4.69) is 5.48 Å². The molecule has 9 heteroatoms. The van der Waals surface area contributed by atoms with Gasteiger partial charge in [0.05, 0.1) is 12.7 Å². The molecule has 1 spiro atoms. The fourth-order valence-corrected chi connectivity index (χ4v) is 3.85. The molecule has 1 saturated heterocycles. The fourth-order valence-electron chi connectivity index (χ4n) is 3.85. The lowest BCUT2D eigenvalue weighted by Gasteiger charge is -2.34. The highest BCUT2D eigenvalue weighted by Crippen LogP contribution is 2.44. The zero-order chi connectivity index (χ0) is 20.5. The van der Waals surface area contributed by atoms with Crippen LogP contribution in [0.15, 0.2) is 11.6 Å². The molecule has 1 heterocycles. The van der Waals surface area contributed by atoms with Gasteiger partial charge in [-0.3, -0.25) is 4.84 Å². The van der Waals surface area contributed by atoms with Crippen molar-refractivity contribution in [1.82, 2.24) is 5.48 Å². The van der Waals surface area contributed by atoms with Crippen molar-refractivity contribution in [3.8, 4) is 0 Å². The molecule has 1 amide bonds. The Labute approximate surface area is 164 Å². The highest BCUT2D eigenvalue weighted by molar-refractivity contribution is 5.90. The summed E-state index contributed by atoms with van der Waals surface area (Å²) in [6.45, 7) is 5.12. The second-order valence-electron chi connectivity index (χ2n) is 8.38. The molecule has 1 aliphatic heterocycles. The number of aliphatic hydroxyl groups excluding tert-OH is 1. The van der Waals surface area contributed by atoms with Gasteiger partial charge in [-0.15, -0.1) is 0 Å². The number of rotatable bonds is 3. The zero-order valence-corrected chi connectivity index (χ0v) is 16.7. The highest BCUT2D eigenvalue weighted by atomic mass is 16.8. The Bertz CT molecular complexity index is 634. The van der Waals surface area contributed by atoms with E-state index in [1.807, 2.05) is 0 Å². The molecule has 4 atom stereocenters. The molecule has 2 aliphatic carbocycles. The average molecular weight is 399 g/mol. The lowest BCUT2D eigenvalue weighted by molar-refractivity contribution is -0.204. The summed E-state index contributed by atoms with van der Waals surface area (Å²) in [4.78, 5) is 29.5. The van der Waals surface area contributed by atoms with Gasteiger partial charge in [0, 0.05) is 12.8 Å². The summed E-state index contributed by atoms with van der Waals surface area (Å²) in [5, 5.41) is 10.8. The molecular formula is C19H29NO8. The number of aliphatic hydroxyl groups is 1. The minimum atomic E-state index is -1.24. The first-order chi connectivity index (χ1) is 13.1.